The molecule has 0 aliphatic carbocycles. The highest BCUT2D eigenvalue weighted by Gasteiger charge is 2.36. The van der Waals surface area contributed by atoms with Gasteiger partial charge < -0.3 is 58.9 Å². The number of allylic oxidation sites excluding steroid dienone is 3. The number of nitrogens with one attached hydrogen (secondary N) is 4. The van der Waals surface area contributed by atoms with Gasteiger partial charge in [0.1, 0.15) is 5.75 Å². The van der Waals surface area contributed by atoms with Gasteiger partial charge in [-0.1, -0.05) is 56.9 Å². The van der Waals surface area contributed by atoms with Gasteiger partial charge in [0.15, 0.2) is 23.1 Å². The van der Waals surface area contributed by atoms with Crippen LogP contribution in [0.5, 0.6) is 17.2 Å². The van der Waals surface area contributed by atoms with E-state index >= 15 is 0 Å². The van der Waals surface area contributed by atoms with Crippen molar-refractivity contribution in [3.8, 4) is 17.2 Å². The average molecular weight is 1260 g/mol. The van der Waals surface area contributed by atoms with Crippen LogP contribution in [0.25, 0.3) is 51.4 Å². The molecule has 0 saturated heterocycles. The summed E-state index contributed by atoms with van der Waals surface area (Å²) >= 11 is 0. The van der Waals surface area contributed by atoms with Gasteiger partial charge in [-0.25, -0.2) is 4.98 Å². The molecule has 2 unspecified atom stereocenters. The molecule has 5 aromatic rings. The van der Waals surface area contributed by atoms with Gasteiger partial charge in [-0.3, -0.25) is 38.5 Å². The number of aromatic amines is 2. The summed E-state index contributed by atoms with van der Waals surface area (Å²) in [6, 6.07) is 17.2. The number of carbonyl (C=O) groups excluding carboxylic acids is 7. The highest BCUT2D eigenvalue weighted by atomic mass is 16.5. The first-order valence-electron chi connectivity index (χ1n) is 31.0. The molecular weight excluding hydrogens is 1180 g/mol. The third kappa shape index (κ3) is 19.4. The molecule has 5 heterocycles. The quantitative estimate of drug-likeness (QED) is 0.00841. The van der Waals surface area contributed by atoms with Gasteiger partial charge in [0.2, 0.25) is 5.91 Å². The second-order valence-electron chi connectivity index (χ2n) is 22.3. The number of hydrogen-bond donors (Lipinski definition) is 5. The number of benzene rings is 2. The van der Waals surface area contributed by atoms with Crippen LogP contribution in [0.15, 0.2) is 79.4 Å². The Morgan fingerprint density at radius 2 is 1.29 bits per heavy atom. The zero-order valence-electron chi connectivity index (χ0n) is 53.8. The van der Waals surface area contributed by atoms with Crippen molar-refractivity contribution in [3.05, 3.63) is 141 Å². The Morgan fingerprint density at radius 1 is 0.663 bits per heavy atom. The maximum atomic E-state index is 14.6. The number of ether oxygens (including phenoxy) is 7. The fraction of sp³-hybridized carbons (Fsp3) is 0.394. The summed E-state index contributed by atoms with van der Waals surface area (Å²) in [6.07, 6.45) is 9.74. The molecule has 0 fully saturated rings. The summed E-state index contributed by atoms with van der Waals surface area (Å²) in [5.74, 6) is -2.76. The number of hydrogen-bond acceptors (Lipinski definition) is 17. The van der Waals surface area contributed by atoms with Gasteiger partial charge in [-0.15, -0.1) is 0 Å². The second kappa shape index (κ2) is 34.8. The van der Waals surface area contributed by atoms with Crippen LogP contribution in [-0.2, 0) is 70.1 Å². The number of amides is 2. The Kier molecular flexibility index (Phi) is 26.5. The van der Waals surface area contributed by atoms with Crippen LogP contribution in [0.1, 0.15) is 146 Å². The minimum atomic E-state index is -0.539. The van der Waals surface area contributed by atoms with Crippen molar-refractivity contribution in [2.24, 2.45) is 0 Å². The summed E-state index contributed by atoms with van der Waals surface area (Å²) in [7, 11) is 4.09. The van der Waals surface area contributed by atoms with Crippen molar-refractivity contribution in [1.82, 2.24) is 30.6 Å². The molecule has 2 atom stereocenters. The number of aromatic hydroxyl groups is 1. The molecule has 21 nitrogen and oxygen atoms in total. The lowest BCUT2D eigenvalue weighted by Crippen LogP contribution is -2.27. The summed E-state index contributed by atoms with van der Waals surface area (Å²) < 4.78 is 37.9. The van der Waals surface area contributed by atoms with E-state index in [0.29, 0.717) is 123 Å². The number of fused-ring (bicyclic) bond motifs is 8. The largest absolute Gasteiger partial charge is 0.504 e. The van der Waals surface area contributed by atoms with E-state index in [4.69, 9.17) is 43.1 Å². The Balaban J connectivity index is 0.819. The minimum Gasteiger partial charge on any atom is -0.504 e. The Labute approximate surface area is 536 Å². The van der Waals surface area contributed by atoms with Crippen molar-refractivity contribution >= 4 is 92.7 Å². The number of esters is 3. The summed E-state index contributed by atoms with van der Waals surface area (Å²) in [5.41, 5.74) is 12.4. The minimum absolute atomic E-state index is 0.0240. The molecule has 0 spiro atoms. The highest BCUT2D eigenvalue weighted by Crippen LogP contribution is 2.44. The number of phenols is 1. The molecule has 2 amide bonds. The van der Waals surface area contributed by atoms with Crippen molar-refractivity contribution in [3.63, 3.8) is 0 Å². The molecule has 92 heavy (non-hydrogen) atoms. The normalized spacial score (nSPS) is 13.7. The second-order valence-corrected chi connectivity index (χ2v) is 22.3. The number of nitrogens with zero attached hydrogens (tertiary/aromatic N) is 2. The van der Waals surface area contributed by atoms with Gasteiger partial charge in [0, 0.05) is 96.3 Å². The first-order chi connectivity index (χ1) is 44.4. The topological polar surface area (TPSA) is 286 Å². The number of aryl methyl sites for hydroxylation is 3. The van der Waals surface area contributed by atoms with E-state index in [2.05, 4.69) is 47.1 Å². The van der Waals surface area contributed by atoms with E-state index in [1.54, 1.807) is 42.5 Å². The molecule has 21 heteroatoms. The zero-order valence-corrected chi connectivity index (χ0v) is 53.8. The Hall–Kier alpha value is -9.31. The van der Waals surface area contributed by atoms with E-state index in [1.807, 2.05) is 39.0 Å². The van der Waals surface area contributed by atoms with Gasteiger partial charge in [0.25, 0.3) is 5.91 Å². The van der Waals surface area contributed by atoms with Gasteiger partial charge in [0.05, 0.1) is 83.3 Å². The van der Waals surface area contributed by atoms with Crippen LogP contribution in [0.3, 0.4) is 0 Å². The fourth-order valence-electron chi connectivity index (χ4n) is 10.9. The molecule has 5 N–H and O–H groups in total. The van der Waals surface area contributed by atoms with E-state index < -0.39 is 11.9 Å². The number of carbonyl (C=O) groups is 7. The Morgan fingerprint density at radius 3 is 1.95 bits per heavy atom. The molecule has 488 valence electrons. The van der Waals surface area contributed by atoms with E-state index in [-0.39, 0.29) is 91.3 Å². The third-order valence-corrected chi connectivity index (χ3v) is 16.1. The Bertz CT molecular complexity index is 3780. The van der Waals surface area contributed by atoms with Crippen molar-refractivity contribution in [1.29, 1.82) is 0 Å². The predicted octanol–water partition coefficient (Wildman–Crippen LogP) is 10.4. The van der Waals surface area contributed by atoms with Crippen LogP contribution >= 0.6 is 0 Å². The molecule has 7 rings (SSSR count). The van der Waals surface area contributed by atoms with Crippen LogP contribution < -0.4 is 20.1 Å². The SMILES string of the molecule is C=Cc1c(C)c2cc3nc(c(CC(=O)OC)c4nc(cc5[nH]c(cc1[nH]2)c(C)c5CC)C(C)=C4C(=O)NCCCOCCOCCOCCCNC(=O)CCCC(=O)Oc1ccc(/C=C/C(=O)CC(=O)/C=C/c2ccc(O)c(OC)c2)cc1)C(CCC(=O)OC)C3C. The van der Waals surface area contributed by atoms with Crippen LogP contribution in [0.2, 0.25) is 0 Å². The molecule has 2 aliphatic rings. The molecule has 0 saturated carbocycles. The lowest BCUT2D eigenvalue weighted by Gasteiger charge is -2.18. The predicted molar refractivity (Wildman–Crippen MR) is 352 cm³/mol. The molecule has 8 bridgehead atoms. The maximum Gasteiger partial charge on any atom is 0.311 e. The molecule has 2 aliphatic heterocycles. The lowest BCUT2D eigenvalue weighted by atomic mass is 9.84. The summed E-state index contributed by atoms with van der Waals surface area (Å²) in [6.45, 7) is 17.0. The molecule has 2 aromatic carbocycles. The number of rotatable bonds is 34. The lowest BCUT2D eigenvalue weighted by molar-refractivity contribution is -0.141. The first kappa shape index (κ1) is 70.2. The van der Waals surface area contributed by atoms with Gasteiger partial charge in [-0.2, -0.15) is 0 Å². The number of aromatic nitrogens is 4. The molecular formula is C71H84N6O15. The average Bonchev–Trinajstić information content (AvgIpc) is 1.61. The summed E-state index contributed by atoms with van der Waals surface area (Å²) in [4.78, 5) is 108. The maximum absolute atomic E-state index is 14.6. The number of H-pyrrole nitrogens is 2. The zero-order chi connectivity index (χ0) is 66.3. The number of ketones is 2. The van der Waals surface area contributed by atoms with E-state index in [0.717, 1.165) is 56.4 Å². The van der Waals surface area contributed by atoms with E-state index in [9.17, 15) is 38.7 Å². The molecule has 0 radical (unpaired) electrons. The highest BCUT2D eigenvalue weighted by molar-refractivity contribution is 6.27. The van der Waals surface area contributed by atoms with Crippen molar-refractivity contribution in [2.75, 3.05) is 74.1 Å². The van der Waals surface area contributed by atoms with Crippen molar-refractivity contribution in [2.45, 2.75) is 111 Å². The monoisotopic (exact) mass is 1260 g/mol. The first-order valence-corrected chi connectivity index (χ1v) is 31.0. The van der Waals surface area contributed by atoms with Crippen LogP contribution in [-0.4, -0.2) is 140 Å². The smallest absolute Gasteiger partial charge is 0.311 e. The van der Waals surface area contributed by atoms with Gasteiger partial charge >= 0.3 is 17.9 Å². The fourth-order valence-corrected chi connectivity index (χ4v) is 10.9. The van der Waals surface area contributed by atoms with Crippen molar-refractivity contribution < 1.29 is 71.8 Å². The van der Waals surface area contributed by atoms with Crippen LogP contribution in [0.4, 0.5) is 0 Å². The number of phenolic OH excluding ortho intramolecular Hbond substituents is 1. The summed E-state index contributed by atoms with van der Waals surface area (Å²) in [5, 5.41) is 15.6. The standard InChI is InChI=1S/C71H84N6O15/c1-10-52-43(3)56-40-58-45(5)54(26-28-65(82)87-8)69(76-58)55(39-67(84)88-9)70-68(46(6)59(77-70)42-61-53(11-2)44(4)57(75-61)41-60(52)74-56)71(85)73-30-14-32-90-34-36-91-35-33-89-31-13-29-72-64(81)15-12-16-66(83)92-51-24-19-47(20-25-51)17-22-49(78)38-50(79)23-18-48-21-27-62(80)63(37-48)86-7/h10,17-25,27,37,40-42,45,54,74-75,80H,1,11-16,26,28-36,38-39H2,2-9H3,(H,72,81)(H,73,85)/b22-17+,23-18+,56-40?,57-41?,58-40?,59-42?,60-41?,61-42?,69-55?,70-55?. The van der Waals surface area contributed by atoms with E-state index in [1.165, 1.54) is 45.6 Å². The van der Waals surface area contributed by atoms with Crippen LogP contribution in [0, 0.1) is 13.8 Å². The third-order valence-electron chi connectivity index (χ3n) is 16.1. The number of methoxy groups -OCH3 is 3. The molecule has 3 aromatic heterocycles. The van der Waals surface area contributed by atoms with Gasteiger partial charge in [-0.05, 0) is 141 Å².